The highest BCUT2D eigenvalue weighted by Crippen LogP contribution is 2.18. The number of aromatic nitrogens is 2. The van der Waals surface area contributed by atoms with E-state index in [9.17, 15) is 4.79 Å². The SMILES string of the molecule is O=C(Nc1cc(-c2ccccc2)ncn1)c1ccccc1. The van der Waals surface area contributed by atoms with Gasteiger partial charge in [-0.15, -0.1) is 0 Å². The molecule has 3 aromatic rings. The van der Waals surface area contributed by atoms with E-state index in [0.717, 1.165) is 11.3 Å². The van der Waals surface area contributed by atoms with Gasteiger partial charge in [-0.05, 0) is 12.1 Å². The van der Waals surface area contributed by atoms with Crippen molar-refractivity contribution in [1.82, 2.24) is 9.97 Å². The van der Waals surface area contributed by atoms with Gasteiger partial charge in [0.05, 0.1) is 5.69 Å². The summed E-state index contributed by atoms with van der Waals surface area (Å²) < 4.78 is 0. The molecule has 1 heterocycles. The number of rotatable bonds is 3. The molecule has 4 heteroatoms. The minimum Gasteiger partial charge on any atom is -0.306 e. The van der Waals surface area contributed by atoms with E-state index in [1.807, 2.05) is 48.5 Å². The second kappa shape index (κ2) is 5.96. The minimum atomic E-state index is -0.187. The molecule has 1 amide bonds. The lowest BCUT2D eigenvalue weighted by Gasteiger charge is -2.06. The van der Waals surface area contributed by atoms with Crippen molar-refractivity contribution in [3.63, 3.8) is 0 Å². The number of carbonyl (C=O) groups is 1. The molecule has 0 aliphatic rings. The number of hydrogen-bond donors (Lipinski definition) is 1. The summed E-state index contributed by atoms with van der Waals surface area (Å²) >= 11 is 0. The minimum absolute atomic E-state index is 0.187. The Balaban J connectivity index is 1.83. The molecule has 21 heavy (non-hydrogen) atoms. The van der Waals surface area contributed by atoms with Gasteiger partial charge in [0.15, 0.2) is 0 Å². The highest BCUT2D eigenvalue weighted by atomic mass is 16.1. The first-order valence-corrected chi connectivity index (χ1v) is 6.57. The lowest BCUT2D eigenvalue weighted by molar-refractivity contribution is 0.102. The highest BCUT2D eigenvalue weighted by molar-refractivity contribution is 6.03. The molecule has 102 valence electrons. The maximum atomic E-state index is 12.1. The van der Waals surface area contributed by atoms with Crippen LogP contribution in [0.1, 0.15) is 10.4 Å². The van der Waals surface area contributed by atoms with Crippen LogP contribution in [0.4, 0.5) is 5.82 Å². The summed E-state index contributed by atoms with van der Waals surface area (Å²) in [6.07, 6.45) is 1.45. The molecule has 0 aliphatic carbocycles. The van der Waals surface area contributed by atoms with Gasteiger partial charge in [0.25, 0.3) is 5.91 Å². The third-order valence-electron chi connectivity index (χ3n) is 3.01. The summed E-state index contributed by atoms with van der Waals surface area (Å²) in [5.41, 5.74) is 2.35. The first kappa shape index (κ1) is 13.0. The fourth-order valence-corrected chi connectivity index (χ4v) is 1.97. The summed E-state index contributed by atoms with van der Waals surface area (Å²) in [4.78, 5) is 20.4. The Morgan fingerprint density at radius 3 is 2.24 bits per heavy atom. The van der Waals surface area contributed by atoms with Crippen LogP contribution in [-0.4, -0.2) is 15.9 Å². The summed E-state index contributed by atoms with van der Waals surface area (Å²) in [6, 6.07) is 20.6. The smallest absolute Gasteiger partial charge is 0.256 e. The molecule has 0 saturated carbocycles. The largest absolute Gasteiger partial charge is 0.306 e. The number of carbonyl (C=O) groups excluding carboxylic acids is 1. The lowest BCUT2D eigenvalue weighted by Crippen LogP contribution is -2.12. The van der Waals surface area contributed by atoms with Gasteiger partial charge in [-0.3, -0.25) is 4.79 Å². The van der Waals surface area contributed by atoms with Crippen LogP contribution >= 0.6 is 0 Å². The monoisotopic (exact) mass is 275 g/mol. The number of amides is 1. The lowest BCUT2D eigenvalue weighted by atomic mass is 10.1. The van der Waals surface area contributed by atoms with Gasteiger partial charge in [0.1, 0.15) is 12.1 Å². The van der Waals surface area contributed by atoms with Crippen LogP contribution in [0.15, 0.2) is 73.1 Å². The molecular weight excluding hydrogens is 262 g/mol. The Hall–Kier alpha value is -3.01. The molecular formula is C17H13N3O. The van der Waals surface area contributed by atoms with Gasteiger partial charge >= 0.3 is 0 Å². The Bertz CT molecular complexity index is 742. The van der Waals surface area contributed by atoms with Crippen molar-refractivity contribution >= 4 is 11.7 Å². The van der Waals surface area contributed by atoms with Gasteiger partial charge in [0, 0.05) is 17.2 Å². The third kappa shape index (κ3) is 3.12. The summed E-state index contributed by atoms with van der Waals surface area (Å²) in [5, 5.41) is 2.78. The Morgan fingerprint density at radius 1 is 0.857 bits per heavy atom. The Morgan fingerprint density at radius 2 is 1.52 bits per heavy atom. The molecule has 0 radical (unpaired) electrons. The van der Waals surface area contributed by atoms with Gasteiger partial charge in [-0.1, -0.05) is 48.5 Å². The van der Waals surface area contributed by atoms with Crippen LogP contribution in [-0.2, 0) is 0 Å². The molecule has 0 unspecified atom stereocenters. The van der Waals surface area contributed by atoms with Crippen molar-refractivity contribution < 1.29 is 4.79 Å². The van der Waals surface area contributed by atoms with Crippen molar-refractivity contribution in [2.45, 2.75) is 0 Å². The molecule has 0 fully saturated rings. The summed E-state index contributed by atoms with van der Waals surface area (Å²) in [5.74, 6) is 0.297. The summed E-state index contributed by atoms with van der Waals surface area (Å²) in [6.45, 7) is 0. The van der Waals surface area contributed by atoms with Crippen molar-refractivity contribution in [1.29, 1.82) is 0 Å². The predicted molar refractivity (Wildman–Crippen MR) is 81.9 cm³/mol. The van der Waals surface area contributed by atoms with E-state index < -0.39 is 0 Å². The van der Waals surface area contributed by atoms with E-state index in [1.165, 1.54) is 6.33 Å². The van der Waals surface area contributed by atoms with E-state index in [2.05, 4.69) is 15.3 Å². The average Bonchev–Trinajstić information content (AvgIpc) is 2.57. The molecule has 3 rings (SSSR count). The van der Waals surface area contributed by atoms with Gasteiger partial charge in [-0.25, -0.2) is 9.97 Å². The normalized spacial score (nSPS) is 10.1. The molecule has 0 spiro atoms. The fraction of sp³-hybridized carbons (Fsp3) is 0. The molecule has 1 aromatic heterocycles. The van der Waals surface area contributed by atoms with E-state index in [-0.39, 0.29) is 5.91 Å². The fourth-order valence-electron chi connectivity index (χ4n) is 1.97. The quantitative estimate of drug-likeness (QED) is 0.797. The molecule has 0 atom stereocenters. The van der Waals surface area contributed by atoms with Gasteiger partial charge in [-0.2, -0.15) is 0 Å². The molecule has 2 aromatic carbocycles. The van der Waals surface area contributed by atoms with Crippen LogP contribution in [0.25, 0.3) is 11.3 Å². The number of nitrogens with one attached hydrogen (secondary N) is 1. The second-order valence-electron chi connectivity index (χ2n) is 4.47. The maximum absolute atomic E-state index is 12.1. The highest BCUT2D eigenvalue weighted by Gasteiger charge is 2.07. The van der Waals surface area contributed by atoms with Crippen LogP contribution in [0, 0.1) is 0 Å². The molecule has 4 nitrogen and oxygen atoms in total. The third-order valence-corrected chi connectivity index (χ3v) is 3.01. The van der Waals surface area contributed by atoms with Gasteiger partial charge in [0.2, 0.25) is 0 Å². The number of hydrogen-bond acceptors (Lipinski definition) is 3. The van der Waals surface area contributed by atoms with Crippen molar-refractivity contribution in [2.24, 2.45) is 0 Å². The average molecular weight is 275 g/mol. The van der Waals surface area contributed by atoms with Crippen LogP contribution < -0.4 is 5.32 Å². The first-order valence-electron chi connectivity index (χ1n) is 6.57. The number of anilines is 1. The van der Waals surface area contributed by atoms with Crippen LogP contribution in [0.2, 0.25) is 0 Å². The second-order valence-corrected chi connectivity index (χ2v) is 4.47. The number of nitrogens with zero attached hydrogens (tertiary/aromatic N) is 2. The predicted octanol–water partition coefficient (Wildman–Crippen LogP) is 3.40. The van der Waals surface area contributed by atoms with E-state index in [1.54, 1.807) is 18.2 Å². The summed E-state index contributed by atoms with van der Waals surface area (Å²) in [7, 11) is 0. The van der Waals surface area contributed by atoms with E-state index >= 15 is 0 Å². The molecule has 1 N–H and O–H groups in total. The van der Waals surface area contributed by atoms with Crippen LogP contribution in [0.3, 0.4) is 0 Å². The topological polar surface area (TPSA) is 54.9 Å². The maximum Gasteiger partial charge on any atom is 0.256 e. The van der Waals surface area contributed by atoms with Crippen molar-refractivity contribution in [3.8, 4) is 11.3 Å². The molecule has 0 bridgehead atoms. The Labute approximate surface area is 122 Å². The number of benzene rings is 2. The molecule has 0 saturated heterocycles. The van der Waals surface area contributed by atoms with Crippen molar-refractivity contribution in [3.05, 3.63) is 78.6 Å². The molecule has 0 aliphatic heterocycles. The zero-order chi connectivity index (χ0) is 14.5. The van der Waals surface area contributed by atoms with Crippen LogP contribution in [0.5, 0.6) is 0 Å². The van der Waals surface area contributed by atoms with Gasteiger partial charge < -0.3 is 5.32 Å². The first-order chi connectivity index (χ1) is 10.3. The standard InChI is InChI=1S/C17H13N3O/c21-17(14-9-5-2-6-10-14)20-16-11-15(18-12-19-16)13-7-3-1-4-8-13/h1-12H,(H,18,19,20,21). The van der Waals surface area contributed by atoms with Crippen molar-refractivity contribution in [2.75, 3.05) is 5.32 Å². The van der Waals surface area contributed by atoms with E-state index in [0.29, 0.717) is 11.4 Å². The zero-order valence-electron chi connectivity index (χ0n) is 11.2. The van der Waals surface area contributed by atoms with E-state index in [4.69, 9.17) is 0 Å². The Kier molecular flexibility index (Phi) is 3.69. The zero-order valence-corrected chi connectivity index (χ0v) is 11.2.